The number of piperidine rings is 1. The van der Waals surface area contributed by atoms with Gasteiger partial charge in [0.15, 0.2) is 0 Å². The Morgan fingerprint density at radius 1 is 1.17 bits per heavy atom. The average molecular weight is 479 g/mol. The van der Waals surface area contributed by atoms with E-state index in [2.05, 4.69) is 76.0 Å². The molecule has 0 N–H and O–H groups in total. The summed E-state index contributed by atoms with van der Waals surface area (Å²) in [5.41, 5.74) is 3.31. The number of rotatable bonds is 5. The molecule has 3 aliphatic carbocycles. The number of fused-ring (bicyclic) bond motifs is 1. The fourth-order valence-electron chi connectivity index (χ4n) is 9.88. The average Bonchev–Trinajstić information content (AvgIpc) is 3.33. The lowest BCUT2D eigenvalue weighted by atomic mass is 9.57. The molecule has 0 radical (unpaired) electrons. The molecule has 1 saturated carbocycles. The quantitative estimate of drug-likeness (QED) is 0.450. The molecule has 2 saturated heterocycles. The largest absolute Gasteiger partial charge is 0.359 e. The third kappa shape index (κ3) is 3.69. The maximum absolute atomic E-state index is 7.43. The van der Waals surface area contributed by atoms with Crippen molar-refractivity contribution in [3.05, 3.63) is 35.5 Å². The van der Waals surface area contributed by atoms with Gasteiger partial charge >= 0.3 is 0 Å². The highest BCUT2D eigenvalue weighted by molar-refractivity contribution is 5.51. The van der Waals surface area contributed by atoms with Crippen molar-refractivity contribution in [2.45, 2.75) is 95.8 Å². The topological polar surface area (TPSA) is 15.7 Å². The normalized spacial score (nSPS) is 47.7. The van der Waals surface area contributed by atoms with Crippen molar-refractivity contribution in [3.63, 3.8) is 0 Å². The number of nitrogens with zero attached hydrogens (tertiary/aromatic N) is 2. The maximum atomic E-state index is 7.43. The van der Waals surface area contributed by atoms with Gasteiger partial charge in [0.1, 0.15) is 0 Å². The molecule has 0 aromatic rings. The van der Waals surface area contributed by atoms with Gasteiger partial charge in [-0.15, -0.1) is 0 Å². The van der Waals surface area contributed by atoms with Crippen LogP contribution in [0.15, 0.2) is 35.5 Å². The highest BCUT2D eigenvalue weighted by atomic mass is 16.5. The molecule has 2 bridgehead atoms. The van der Waals surface area contributed by atoms with Gasteiger partial charge in [0, 0.05) is 12.6 Å². The van der Waals surface area contributed by atoms with Gasteiger partial charge in [0.05, 0.1) is 11.2 Å². The van der Waals surface area contributed by atoms with Crippen LogP contribution in [0.4, 0.5) is 0 Å². The van der Waals surface area contributed by atoms with E-state index in [0.29, 0.717) is 17.4 Å². The molecule has 3 nitrogen and oxygen atoms in total. The molecule has 35 heavy (non-hydrogen) atoms. The zero-order valence-corrected chi connectivity index (χ0v) is 23.4. The molecule has 9 atom stereocenters. The summed E-state index contributed by atoms with van der Waals surface area (Å²) in [5.74, 6) is 4.13. The summed E-state index contributed by atoms with van der Waals surface area (Å²) in [6.45, 7) is 10.3. The summed E-state index contributed by atoms with van der Waals surface area (Å²) < 4.78 is 7.43. The first kappa shape index (κ1) is 24.4. The fraction of sp³-hybridized carbons (Fsp3) is 0.812. The van der Waals surface area contributed by atoms with E-state index in [1.807, 2.05) is 0 Å². The minimum atomic E-state index is -0.0484. The molecular weight excluding hydrogens is 428 g/mol. The van der Waals surface area contributed by atoms with Crippen LogP contribution in [-0.4, -0.2) is 61.3 Å². The van der Waals surface area contributed by atoms with Gasteiger partial charge in [0.2, 0.25) is 0 Å². The third-order valence-corrected chi connectivity index (χ3v) is 12.0. The van der Waals surface area contributed by atoms with Crippen molar-refractivity contribution in [2.75, 3.05) is 34.2 Å². The SMILES string of the molecule is CC1CN(C)CCC1CCC(C)C1CCC2C34CCC5(CC(N(C)C)C=CC5=CC3=CCC12C)O4. The molecule has 3 heterocycles. The van der Waals surface area contributed by atoms with Crippen molar-refractivity contribution in [1.29, 1.82) is 0 Å². The Morgan fingerprint density at radius 3 is 2.77 bits per heavy atom. The minimum absolute atomic E-state index is 0.0184. The van der Waals surface area contributed by atoms with Gasteiger partial charge < -0.3 is 14.5 Å². The zero-order chi connectivity index (χ0) is 24.6. The van der Waals surface area contributed by atoms with Crippen LogP contribution >= 0.6 is 0 Å². The first-order chi connectivity index (χ1) is 16.7. The Kier molecular flexibility index (Phi) is 5.98. The van der Waals surface area contributed by atoms with E-state index in [0.717, 1.165) is 30.1 Å². The number of likely N-dealkylation sites (tertiary alicyclic amines) is 1. The lowest BCUT2D eigenvalue weighted by Gasteiger charge is -2.54. The van der Waals surface area contributed by atoms with E-state index < -0.39 is 0 Å². The lowest BCUT2D eigenvalue weighted by molar-refractivity contribution is -0.136. The van der Waals surface area contributed by atoms with Gasteiger partial charge in [0.25, 0.3) is 0 Å². The Balaban J connectivity index is 1.21. The van der Waals surface area contributed by atoms with E-state index in [4.69, 9.17) is 4.74 Å². The van der Waals surface area contributed by atoms with E-state index in [-0.39, 0.29) is 11.2 Å². The second-order valence-corrected chi connectivity index (χ2v) is 14.1. The van der Waals surface area contributed by atoms with Crippen LogP contribution < -0.4 is 0 Å². The summed E-state index contributed by atoms with van der Waals surface area (Å²) in [4.78, 5) is 4.89. The van der Waals surface area contributed by atoms with Crippen molar-refractivity contribution in [1.82, 2.24) is 9.80 Å². The first-order valence-electron chi connectivity index (χ1n) is 14.8. The van der Waals surface area contributed by atoms with Crippen molar-refractivity contribution in [2.24, 2.45) is 35.0 Å². The monoisotopic (exact) mass is 478 g/mol. The molecule has 2 spiro atoms. The Bertz CT molecular complexity index is 934. The molecule has 9 unspecified atom stereocenters. The number of hydrogen-bond acceptors (Lipinski definition) is 3. The van der Waals surface area contributed by atoms with Gasteiger partial charge in [-0.3, -0.25) is 0 Å². The molecule has 3 fully saturated rings. The van der Waals surface area contributed by atoms with Crippen molar-refractivity contribution in [3.8, 4) is 0 Å². The Hall–Kier alpha value is -0.900. The molecule has 3 aliphatic heterocycles. The molecule has 0 aromatic carbocycles. The van der Waals surface area contributed by atoms with Gasteiger partial charge in [-0.2, -0.15) is 0 Å². The summed E-state index contributed by atoms with van der Waals surface area (Å²) in [6.07, 6.45) is 21.8. The predicted octanol–water partition coefficient (Wildman–Crippen LogP) is 6.47. The highest BCUT2D eigenvalue weighted by Gasteiger charge is 2.66. The summed E-state index contributed by atoms with van der Waals surface area (Å²) in [7, 11) is 6.72. The Labute approximate surface area is 215 Å². The van der Waals surface area contributed by atoms with Crippen LogP contribution in [0.25, 0.3) is 0 Å². The number of ether oxygens (including phenoxy) is 1. The van der Waals surface area contributed by atoms with E-state index in [1.54, 1.807) is 0 Å². The minimum Gasteiger partial charge on any atom is -0.359 e. The predicted molar refractivity (Wildman–Crippen MR) is 145 cm³/mol. The maximum Gasteiger partial charge on any atom is 0.0975 e. The van der Waals surface area contributed by atoms with Gasteiger partial charge in [-0.1, -0.05) is 51.5 Å². The molecule has 0 aromatic heterocycles. The van der Waals surface area contributed by atoms with Crippen LogP contribution in [0, 0.1) is 35.0 Å². The second kappa shape index (κ2) is 8.57. The van der Waals surface area contributed by atoms with Crippen LogP contribution in [0.3, 0.4) is 0 Å². The molecule has 194 valence electrons. The zero-order valence-electron chi connectivity index (χ0n) is 23.4. The summed E-state index contributed by atoms with van der Waals surface area (Å²) >= 11 is 0. The molecule has 6 rings (SSSR count). The van der Waals surface area contributed by atoms with Crippen LogP contribution in [0.1, 0.15) is 78.6 Å². The summed E-state index contributed by atoms with van der Waals surface area (Å²) in [5, 5.41) is 0. The molecule has 3 heteroatoms. The molecule has 0 amide bonds. The molecular formula is C32H50N2O. The van der Waals surface area contributed by atoms with Gasteiger partial charge in [-0.05, 0) is 125 Å². The number of hydrogen-bond donors (Lipinski definition) is 0. The standard InChI is InChI=1S/C32H50N2O/c1-22(7-8-24-14-18-34(6)21-23(24)2)28-11-12-29-30(28,3)15-13-26-19-25-9-10-27(33(4)5)20-31(25)16-17-32(26,29)35-31/h9-10,13,19,22-24,27-29H,7-8,11-12,14-18,20-21H2,1-6H3. The van der Waals surface area contributed by atoms with E-state index >= 15 is 0 Å². The van der Waals surface area contributed by atoms with Crippen LogP contribution in [0.2, 0.25) is 0 Å². The smallest absolute Gasteiger partial charge is 0.0975 e. The first-order valence-corrected chi connectivity index (χ1v) is 14.8. The fourth-order valence-corrected chi connectivity index (χ4v) is 9.88. The third-order valence-electron chi connectivity index (χ3n) is 12.0. The van der Waals surface area contributed by atoms with E-state index in [9.17, 15) is 0 Å². The van der Waals surface area contributed by atoms with Crippen molar-refractivity contribution >= 4 is 0 Å². The van der Waals surface area contributed by atoms with E-state index in [1.165, 1.54) is 75.6 Å². The lowest BCUT2D eigenvalue weighted by Crippen LogP contribution is -2.54. The van der Waals surface area contributed by atoms with Gasteiger partial charge in [-0.25, -0.2) is 0 Å². The van der Waals surface area contributed by atoms with Crippen LogP contribution in [0.5, 0.6) is 0 Å². The van der Waals surface area contributed by atoms with Crippen molar-refractivity contribution < 1.29 is 4.74 Å². The summed E-state index contributed by atoms with van der Waals surface area (Å²) in [6, 6.07) is 0.487. The second-order valence-electron chi connectivity index (χ2n) is 14.1. The number of allylic oxidation sites excluding steroid dienone is 1. The molecule has 6 aliphatic rings. The van der Waals surface area contributed by atoms with Crippen LogP contribution in [-0.2, 0) is 4.74 Å². The number of likely N-dealkylation sites (N-methyl/N-ethyl adjacent to an activating group) is 1. The Morgan fingerprint density at radius 2 is 2.00 bits per heavy atom. The highest BCUT2D eigenvalue weighted by Crippen LogP contribution is 2.68.